The van der Waals surface area contributed by atoms with Crippen molar-refractivity contribution in [2.24, 2.45) is 0 Å². The molecule has 0 N–H and O–H groups in total. The van der Waals surface area contributed by atoms with Gasteiger partial charge >= 0.3 is 0 Å². The fourth-order valence-electron chi connectivity index (χ4n) is 2.40. The van der Waals surface area contributed by atoms with Crippen LogP contribution < -0.4 is 0 Å². The van der Waals surface area contributed by atoms with Crippen molar-refractivity contribution in [2.75, 3.05) is 0 Å². The van der Waals surface area contributed by atoms with E-state index in [1.807, 2.05) is 41.1 Å². The maximum Gasteiger partial charge on any atom is 0.164 e. The van der Waals surface area contributed by atoms with Crippen molar-refractivity contribution < 1.29 is 4.79 Å². The molecule has 1 aliphatic rings. The highest BCUT2D eigenvalue weighted by Crippen LogP contribution is 2.28. The Morgan fingerprint density at radius 3 is 2.76 bits per heavy atom. The second-order valence-corrected chi connectivity index (χ2v) is 4.68. The molecule has 0 atom stereocenters. The monoisotopic (exact) mass is 245 g/mol. The molecular formula is C14H12ClNO. The van der Waals surface area contributed by atoms with Crippen molar-refractivity contribution in [1.82, 2.24) is 4.57 Å². The lowest BCUT2D eigenvalue weighted by Gasteiger charge is -2.15. The van der Waals surface area contributed by atoms with E-state index >= 15 is 0 Å². The molecule has 1 aliphatic carbocycles. The topological polar surface area (TPSA) is 22.0 Å². The minimum absolute atomic E-state index is 0.247. The lowest BCUT2D eigenvalue weighted by atomic mass is 9.97. The van der Waals surface area contributed by atoms with Gasteiger partial charge in [0.25, 0.3) is 0 Å². The van der Waals surface area contributed by atoms with Gasteiger partial charge in [0.1, 0.15) is 0 Å². The Bertz CT molecular complexity index is 586. The quantitative estimate of drug-likeness (QED) is 0.752. The first-order valence-corrected chi connectivity index (χ1v) is 6.13. The van der Waals surface area contributed by atoms with E-state index in [1.165, 1.54) is 0 Å². The summed E-state index contributed by atoms with van der Waals surface area (Å²) in [5.41, 5.74) is 2.90. The molecule has 0 fully saturated rings. The van der Waals surface area contributed by atoms with E-state index in [1.54, 1.807) is 0 Å². The summed E-state index contributed by atoms with van der Waals surface area (Å²) in [6.07, 6.45) is 4.48. The number of carbonyl (C=O) groups excluding carboxylic acids is 1. The highest BCUT2D eigenvalue weighted by Gasteiger charge is 2.21. The highest BCUT2D eigenvalue weighted by atomic mass is 35.5. The Morgan fingerprint density at radius 2 is 1.94 bits per heavy atom. The highest BCUT2D eigenvalue weighted by molar-refractivity contribution is 6.32. The molecule has 3 heteroatoms. The Balaban J connectivity index is 2.17. The normalized spacial score (nSPS) is 14.8. The molecule has 0 aliphatic heterocycles. The standard InChI is InChI=1S/C14H12ClNO/c15-11-4-1-2-5-13(11)16-9-8-10-12(16)6-3-7-14(10)17/h1-2,4-5,8-9H,3,6-7H2. The average Bonchev–Trinajstić information content (AvgIpc) is 2.75. The summed E-state index contributed by atoms with van der Waals surface area (Å²) in [7, 11) is 0. The fourth-order valence-corrected chi connectivity index (χ4v) is 2.62. The number of hydrogen-bond donors (Lipinski definition) is 0. The Hall–Kier alpha value is -1.54. The fraction of sp³-hybridized carbons (Fsp3) is 0.214. The molecule has 0 bridgehead atoms. The molecule has 2 aromatic rings. The van der Waals surface area contributed by atoms with Gasteiger partial charge in [0.05, 0.1) is 10.7 Å². The lowest BCUT2D eigenvalue weighted by molar-refractivity contribution is 0.0972. The third-order valence-electron chi connectivity index (χ3n) is 3.22. The summed E-state index contributed by atoms with van der Waals surface area (Å²) in [5.74, 6) is 0.247. The van der Waals surface area contributed by atoms with E-state index in [-0.39, 0.29) is 5.78 Å². The van der Waals surface area contributed by atoms with Crippen LogP contribution in [0.4, 0.5) is 0 Å². The SMILES string of the molecule is O=C1CCCc2c1ccn2-c1ccccc1Cl. The van der Waals surface area contributed by atoms with Crippen molar-refractivity contribution in [3.63, 3.8) is 0 Å². The van der Waals surface area contributed by atoms with E-state index in [9.17, 15) is 4.79 Å². The molecule has 2 nitrogen and oxygen atoms in total. The van der Waals surface area contributed by atoms with Gasteiger partial charge in [-0.1, -0.05) is 23.7 Å². The minimum Gasteiger partial charge on any atom is -0.319 e. The number of fused-ring (bicyclic) bond motifs is 1. The van der Waals surface area contributed by atoms with Crippen molar-refractivity contribution in [3.05, 3.63) is 52.8 Å². The number of carbonyl (C=O) groups is 1. The molecule has 1 heterocycles. The van der Waals surface area contributed by atoms with Crippen LogP contribution >= 0.6 is 11.6 Å². The molecule has 3 rings (SSSR count). The summed E-state index contributed by atoms with van der Waals surface area (Å²) < 4.78 is 2.04. The van der Waals surface area contributed by atoms with Crippen LogP contribution in [-0.2, 0) is 6.42 Å². The van der Waals surface area contributed by atoms with Gasteiger partial charge in [-0.3, -0.25) is 4.79 Å². The van der Waals surface area contributed by atoms with Crippen LogP contribution in [0.25, 0.3) is 5.69 Å². The van der Waals surface area contributed by atoms with Crippen LogP contribution in [0.2, 0.25) is 5.02 Å². The number of para-hydroxylation sites is 1. The van der Waals surface area contributed by atoms with E-state index in [4.69, 9.17) is 11.6 Å². The predicted octanol–water partition coefficient (Wildman–Crippen LogP) is 3.65. The summed E-state index contributed by atoms with van der Waals surface area (Å²) in [6, 6.07) is 9.61. The minimum atomic E-state index is 0.247. The molecule has 86 valence electrons. The third-order valence-corrected chi connectivity index (χ3v) is 3.54. The van der Waals surface area contributed by atoms with E-state index in [0.29, 0.717) is 11.4 Å². The maximum absolute atomic E-state index is 11.8. The van der Waals surface area contributed by atoms with E-state index in [2.05, 4.69) is 0 Å². The molecule has 17 heavy (non-hydrogen) atoms. The van der Waals surface area contributed by atoms with Gasteiger partial charge in [0, 0.05) is 23.9 Å². The zero-order valence-corrected chi connectivity index (χ0v) is 10.1. The molecule has 1 aromatic heterocycles. The number of rotatable bonds is 1. The molecule has 0 saturated carbocycles. The first kappa shape index (κ1) is 10.6. The average molecular weight is 246 g/mol. The molecule has 0 spiro atoms. The van der Waals surface area contributed by atoms with Crippen molar-refractivity contribution >= 4 is 17.4 Å². The lowest BCUT2D eigenvalue weighted by Crippen LogP contribution is -2.12. The van der Waals surface area contributed by atoms with Gasteiger partial charge in [-0.15, -0.1) is 0 Å². The van der Waals surface area contributed by atoms with Gasteiger partial charge in [0.2, 0.25) is 0 Å². The molecule has 0 radical (unpaired) electrons. The summed E-state index contributed by atoms with van der Waals surface area (Å²) in [5, 5.41) is 0.712. The third kappa shape index (κ3) is 1.69. The molecule has 0 amide bonds. The van der Waals surface area contributed by atoms with Gasteiger partial charge < -0.3 is 4.57 Å². The van der Waals surface area contributed by atoms with Crippen LogP contribution in [0.15, 0.2) is 36.5 Å². The van der Waals surface area contributed by atoms with Crippen LogP contribution in [0.5, 0.6) is 0 Å². The number of Topliss-reactive ketones (excluding diaryl/α,β-unsaturated/α-hetero) is 1. The summed E-state index contributed by atoms with van der Waals surface area (Å²) >= 11 is 6.19. The van der Waals surface area contributed by atoms with Crippen molar-refractivity contribution in [1.29, 1.82) is 0 Å². The van der Waals surface area contributed by atoms with Gasteiger partial charge in [-0.2, -0.15) is 0 Å². The number of nitrogens with zero attached hydrogens (tertiary/aromatic N) is 1. The first-order chi connectivity index (χ1) is 8.27. The van der Waals surface area contributed by atoms with Crippen molar-refractivity contribution in [3.8, 4) is 5.69 Å². The number of ketones is 1. The maximum atomic E-state index is 11.8. The predicted molar refractivity (Wildman–Crippen MR) is 68.0 cm³/mol. The molecule has 0 saturated heterocycles. The second-order valence-electron chi connectivity index (χ2n) is 4.27. The zero-order chi connectivity index (χ0) is 11.8. The smallest absolute Gasteiger partial charge is 0.164 e. The number of halogens is 1. The zero-order valence-electron chi connectivity index (χ0n) is 9.32. The first-order valence-electron chi connectivity index (χ1n) is 5.75. The van der Waals surface area contributed by atoms with Crippen LogP contribution in [0.3, 0.4) is 0 Å². The van der Waals surface area contributed by atoms with Gasteiger partial charge in [-0.05, 0) is 31.0 Å². The van der Waals surface area contributed by atoms with E-state index < -0.39 is 0 Å². The Labute approximate surface area is 105 Å². The van der Waals surface area contributed by atoms with Crippen LogP contribution in [-0.4, -0.2) is 10.4 Å². The number of aromatic nitrogens is 1. The van der Waals surface area contributed by atoms with Crippen molar-refractivity contribution in [2.45, 2.75) is 19.3 Å². The molecular weight excluding hydrogens is 234 g/mol. The Morgan fingerprint density at radius 1 is 1.12 bits per heavy atom. The van der Waals surface area contributed by atoms with Crippen LogP contribution in [0, 0.1) is 0 Å². The number of benzene rings is 1. The largest absolute Gasteiger partial charge is 0.319 e. The summed E-state index contributed by atoms with van der Waals surface area (Å²) in [4.78, 5) is 11.8. The molecule has 1 aromatic carbocycles. The van der Waals surface area contributed by atoms with Crippen LogP contribution in [0.1, 0.15) is 28.9 Å². The van der Waals surface area contributed by atoms with Gasteiger partial charge in [0.15, 0.2) is 5.78 Å². The second kappa shape index (κ2) is 4.04. The van der Waals surface area contributed by atoms with Gasteiger partial charge in [-0.25, -0.2) is 0 Å². The van der Waals surface area contributed by atoms with E-state index in [0.717, 1.165) is 29.8 Å². The number of hydrogen-bond acceptors (Lipinski definition) is 1. The Kier molecular flexibility index (Phi) is 2.52. The molecule has 0 unspecified atom stereocenters. The summed E-state index contributed by atoms with van der Waals surface area (Å²) in [6.45, 7) is 0.